The van der Waals surface area contributed by atoms with Crippen LogP contribution in [-0.2, 0) is 6.54 Å². The van der Waals surface area contributed by atoms with Crippen LogP contribution in [0, 0.1) is 0 Å². The third-order valence-electron chi connectivity index (χ3n) is 3.26. The predicted octanol–water partition coefficient (Wildman–Crippen LogP) is 0.464. The molecule has 0 spiro atoms. The molecule has 2 aromatic rings. The lowest BCUT2D eigenvalue weighted by molar-refractivity contribution is 0.518. The normalized spacial score (nSPS) is 11.1. The van der Waals surface area contributed by atoms with E-state index in [1.807, 2.05) is 28.9 Å². The van der Waals surface area contributed by atoms with Crippen molar-refractivity contribution in [2.45, 2.75) is 26.4 Å². The number of rotatable bonds is 6. The zero-order valence-electron chi connectivity index (χ0n) is 12.7. The average Bonchev–Trinajstić information content (AvgIpc) is 2.90. The van der Waals surface area contributed by atoms with E-state index in [4.69, 9.17) is 5.73 Å². The summed E-state index contributed by atoms with van der Waals surface area (Å²) in [5.41, 5.74) is 6.96. The van der Waals surface area contributed by atoms with Gasteiger partial charge >= 0.3 is 0 Å². The largest absolute Gasteiger partial charge is 0.372 e. The molecule has 2 N–H and O–H groups in total. The maximum absolute atomic E-state index is 12.1. The summed E-state index contributed by atoms with van der Waals surface area (Å²) in [5, 5.41) is 8.63. The predicted molar refractivity (Wildman–Crippen MR) is 82.5 cm³/mol. The van der Waals surface area contributed by atoms with Crippen molar-refractivity contribution in [2.24, 2.45) is 5.73 Å². The third-order valence-corrected chi connectivity index (χ3v) is 3.26. The van der Waals surface area contributed by atoms with Gasteiger partial charge in [0, 0.05) is 38.4 Å². The molecule has 0 saturated heterocycles. The number of nitrogens with two attached hydrogens (primary N) is 1. The number of aromatic nitrogens is 4. The molecule has 0 saturated carbocycles. The van der Waals surface area contributed by atoms with Crippen LogP contribution in [0.15, 0.2) is 29.3 Å². The summed E-state index contributed by atoms with van der Waals surface area (Å²) >= 11 is 0. The summed E-state index contributed by atoms with van der Waals surface area (Å²) in [6, 6.07) is 3.78. The van der Waals surface area contributed by atoms with Gasteiger partial charge in [-0.3, -0.25) is 9.48 Å². The van der Waals surface area contributed by atoms with Gasteiger partial charge in [0.25, 0.3) is 5.56 Å². The molecule has 7 nitrogen and oxygen atoms in total. The second kappa shape index (κ2) is 6.53. The zero-order valence-corrected chi connectivity index (χ0v) is 12.7. The van der Waals surface area contributed by atoms with Crippen LogP contribution < -0.4 is 16.2 Å². The highest BCUT2D eigenvalue weighted by Gasteiger charge is 2.07. The first kappa shape index (κ1) is 15.2. The fourth-order valence-electron chi connectivity index (χ4n) is 1.98. The lowest BCUT2D eigenvalue weighted by Gasteiger charge is -2.17. The summed E-state index contributed by atoms with van der Waals surface area (Å²) in [7, 11) is 1.89. The highest BCUT2D eigenvalue weighted by molar-refractivity contribution is 5.41. The molecule has 2 aromatic heterocycles. The summed E-state index contributed by atoms with van der Waals surface area (Å²) in [4.78, 5) is 14.0. The van der Waals surface area contributed by atoms with Crippen molar-refractivity contribution in [3.05, 3.63) is 40.6 Å². The second-order valence-electron chi connectivity index (χ2n) is 5.30. The molecule has 21 heavy (non-hydrogen) atoms. The van der Waals surface area contributed by atoms with Crippen molar-refractivity contribution < 1.29 is 0 Å². The van der Waals surface area contributed by atoms with Crippen LogP contribution >= 0.6 is 0 Å². The van der Waals surface area contributed by atoms with E-state index < -0.39 is 0 Å². The quantitative estimate of drug-likeness (QED) is 0.836. The van der Waals surface area contributed by atoms with Gasteiger partial charge < -0.3 is 10.6 Å². The average molecular weight is 290 g/mol. The number of anilines is 1. The van der Waals surface area contributed by atoms with Gasteiger partial charge in [0.15, 0.2) is 0 Å². The second-order valence-corrected chi connectivity index (χ2v) is 5.30. The molecule has 0 radical (unpaired) electrons. The first-order chi connectivity index (χ1) is 10.0. The molecule has 2 heterocycles. The van der Waals surface area contributed by atoms with E-state index in [2.05, 4.69) is 24.0 Å². The minimum Gasteiger partial charge on any atom is -0.372 e. The van der Waals surface area contributed by atoms with E-state index in [0.29, 0.717) is 25.7 Å². The highest BCUT2D eigenvalue weighted by atomic mass is 16.1. The van der Waals surface area contributed by atoms with Gasteiger partial charge in [0.2, 0.25) is 0 Å². The zero-order chi connectivity index (χ0) is 15.4. The van der Waals surface area contributed by atoms with Crippen molar-refractivity contribution in [1.29, 1.82) is 0 Å². The molecule has 0 aliphatic carbocycles. The Morgan fingerprint density at radius 1 is 1.43 bits per heavy atom. The topological polar surface area (TPSA) is 82.0 Å². The van der Waals surface area contributed by atoms with Crippen molar-refractivity contribution in [2.75, 3.05) is 25.0 Å². The van der Waals surface area contributed by atoms with Crippen molar-refractivity contribution in [1.82, 2.24) is 19.6 Å². The molecule has 0 amide bonds. The fraction of sp³-hybridized carbons (Fsp3) is 0.500. The Morgan fingerprint density at radius 3 is 2.76 bits per heavy atom. The van der Waals surface area contributed by atoms with Crippen molar-refractivity contribution in [3.63, 3.8) is 0 Å². The van der Waals surface area contributed by atoms with Gasteiger partial charge in [-0.15, -0.1) is 0 Å². The Morgan fingerprint density at radius 2 is 2.19 bits per heavy atom. The maximum atomic E-state index is 12.1. The van der Waals surface area contributed by atoms with E-state index in [0.717, 1.165) is 11.4 Å². The molecule has 7 heteroatoms. The summed E-state index contributed by atoms with van der Waals surface area (Å²) < 4.78 is 3.27. The number of hydrogen-bond donors (Lipinski definition) is 1. The molecule has 0 aliphatic rings. The first-order valence-corrected chi connectivity index (χ1v) is 7.03. The maximum Gasteiger partial charge on any atom is 0.269 e. The Kier molecular flexibility index (Phi) is 4.74. The number of hydrogen-bond acceptors (Lipinski definition) is 5. The van der Waals surface area contributed by atoms with Crippen LogP contribution in [0.1, 0.15) is 25.6 Å². The lowest BCUT2D eigenvalue weighted by atomic mass is 10.4. The van der Waals surface area contributed by atoms with Gasteiger partial charge in [-0.25, -0.2) is 4.68 Å². The minimum atomic E-state index is -0.143. The first-order valence-electron chi connectivity index (χ1n) is 7.03. The van der Waals surface area contributed by atoms with Crippen LogP contribution in [0.25, 0.3) is 0 Å². The molecule has 0 fully saturated rings. The summed E-state index contributed by atoms with van der Waals surface area (Å²) in [5.74, 6) is 0. The molecule has 0 aliphatic heterocycles. The Balaban J connectivity index is 2.15. The van der Waals surface area contributed by atoms with Crippen LogP contribution in [0.4, 0.5) is 5.69 Å². The van der Waals surface area contributed by atoms with Gasteiger partial charge in [-0.1, -0.05) is 0 Å². The molecule has 0 aromatic carbocycles. The van der Waals surface area contributed by atoms with E-state index >= 15 is 0 Å². The molecule has 114 valence electrons. The van der Waals surface area contributed by atoms with Gasteiger partial charge in [-0.2, -0.15) is 10.2 Å². The lowest BCUT2D eigenvalue weighted by Crippen LogP contribution is -2.29. The van der Waals surface area contributed by atoms with Crippen molar-refractivity contribution in [3.8, 4) is 0 Å². The van der Waals surface area contributed by atoms with E-state index in [1.165, 1.54) is 4.68 Å². The minimum absolute atomic E-state index is 0.143. The van der Waals surface area contributed by atoms with Crippen LogP contribution in [0.3, 0.4) is 0 Å². The molecule has 0 atom stereocenters. The van der Waals surface area contributed by atoms with Crippen LogP contribution in [0.2, 0.25) is 0 Å². The molecule has 0 bridgehead atoms. The van der Waals surface area contributed by atoms with Gasteiger partial charge in [-0.05, 0) is 19.9 Å². The van der Waals surface area contributed by atoms with Gasteiger partial charge in [0.05, 0.1) is 24.1 Å². The summed E-state index contributed by atoms with van der Waals surface area (Å²) in [6.45, 7) is 5.71. The fourth-order valence-corrected chi connectivity index (χ4v) is 1.98. The Bertz CT molecular complexity index is 645. The van der Waals surface area contributed by atoms with Crippen LogP contribution in [0.5, 0.6) is 0 Å². The monoisotopic (exact) mass is 290 g/mol. The Labute approximate surface area is 124 Å². The van der Waals surface area contributed by atoms with E-state index in [1.54, 1.807) is 12.3 Å². The standard InChI is InChI=1S/C14H22N6O/c1-11(2)19-6-4-12(17-19)10-20-14(21)8-13(9-16-20)18(3)7-5-15/h4,6,8-9,11H,5,7,10,15H2,1-3H3. The molecule has 0 unspecified atom stereocenters. The Hall–Kier alpha value is -2.15. The van der Waals surface area contributed by atoms with Gasteiger partial charge in [0.1, 0.15) is 0 Å². The summed E-state index contributed by atoms with van der Waals surface area (Å²) in [6.07, 6.45) is 3.59. The number of nitrogens with zero attached hydrogens (tertiary/aromatic N) is 5. The molecular weight excluding hydrogens is 268 g/mol. The van der Waals surface area contributed by atoms with E-state index in [9.17, 15) is 4.79 Å². The molecular formula is C14H22N6O. The third kappa shape index (κ3) is 3.69. The van der Waals surface area contributed by atoms with Crippen molar-refractivity contribution >= 4 is 5.69 Å². The van der Waals surface area contributed by atoms with Crippen LogP contribution in [-0.4, -0.2) is 39.7 Å². The van der Waals surface area contributed by atoms with E-state index in [-0.39, 0.29) is 5.56 Å². The number of likely N-dealkylation sites (N-methyl/N-ethyl adjacent to an activating group) is 1. The molecule has 2 rings (SSSR count). The SMILES string of the molecule is CC(C)n1ccc(Cn2ncc(N(C)CCN)cc2=O)n1. The highest BCUT2D eigenvalue weighted by Crippen LogP contribution is 2.07. The smallest absolute Gasteiger partial charge is 0.269 e.